The molecule has 0 aliphatic rings. The number of nitrogens with zero attached hydrogens (tertiary/aromatic N) is 4. The number of benzene rings is 7. The molecular formula is C44H26N4. The van der Waals surface area contributed by atoms with Crippen LogP contribution in [-0.4, -0.2) is 18.9 Å². The van der Waals surface area contributed by atoms with E-state index in [1.807, 2.05) is 12.1 Å². The first kappa shape index (κ1) is 25.6. The molecule has 7 aromatic carbocycles. The number of rotatable bonds is 3. The molecule has 0 aliphatic heterocycles. The van der Waals surface area contributed by atoms with E-state index >= 15 is 0 Å². The average molecular weight is 611 g/mol. The molecular weight excluding hydrogens is 585 g/mol. The molecule has 48 heavy (non-hydrogen) atoms. The van der Waals surface area contributed by atoms with E-state index in [-0.39, 0.29) is 0 Å². The Morgan fingerprint density at radius 1 is 0.375 bits per heavy atom. The Labute approximate surface area is 275 Å². The maximum absolute atomic E-state index is 5.28. The van der Waals surface area contributed by atoms with Gasteiger partial charge in [-0.1, -0.05) is 127 Å². The van der Waals surface area contributed by atoms with Crippen LogP contribution in [0.2, 0.25) is 0 Å². The number of aromatic nitrogens is 4. The first-order valence-electron chi connectivity index (χ1n) is 16.3. The topological polar surface area (TPSA) is 35.1 Å². The summed E-state index contributed by atoms with van der Waals surface area (Å²) in [6.45, 7) is 0. The van der Waals surface area contributed by atoms with Gasteiger partial charge in [0.15, 0.2) is 5.65 Å². The Balaban J connectivity index is 1.35. The van der Waals surface area contributed by atoms with Crippen LogP contribution in [0.5, 0.6) is 0 Å². The maximum Gasteiger partial charge on any atom is 0.165 e. The van der Waals surface area contributed by atoms with Crippen molar-refractivity contribution >= 4 is 71.2 Å². The molecule has 0 spiro atoms. The van der Waals surface area contributed by atoms with E-state index in [1.54, 1.807) is 0 Å². The van der Waals surface area contributed by atoms with E-state index in [2.05, 4.69) is 155 Å². The van der Waals surface area contributed by atoms with Crippen molar-refractivity contribution < 1.29 is 0 Å². The van der Waals surface area contributed by atoms with Crippen molar-refractivity contribution in [1.29, 1.82) is 0 Å². The molecule has 0 amide bonds. The number of fused-ring (bicyclic) bond motifs is 11. The van der Waals surface area contributed by atoms with Crippen molar-refractivity contribution in [3.05, 3.63) is 158 Å². The standard InChI is InChI=1S/C44H26N4/c1-3-11-27(12-4-1)29-15-9-16-31(25-29)47-39-26-30(28-13-5-2-6-14-28)21-22-32(39)34-23-24-35-33-17-10-18-36-40-44(48(41(33)36)43(35)42(34)47)46-38-20-8-7-19-37(38)45-40/h1-26H. The fourth-order valence-corrected chi connectivity index (χ4v) is 7.91. The second-order valence-electron chi connectivity index (χ2n) is 12.6. The minimum absolute atomic E-state index is 0.891. The van der Waals surface area contributed by atoms with Crippen LogP contribution < -0.4 is 0 Å². The van der Waals surface area contributed by atoms with Crippen molar-refractivity contribution in [1.82, 2.24) is 18.9 Å². The summed E-state index contributed by atoms with van der Waals surface area (Å²) < 4.78 is 4.85. The van der Waals surface area contributed by atoms with Crippen LogP contribution >= 0.6 is 0 Å². The van der Waals surface area contributed by atoms with Crippen LogP contribution in [0.15, 0.2) is 158 Å². The van der Waals surface area contributed by atoms with Crippen molar-refractivity contribution in [3.8, 4) is 27.9 Å². The van der Waals surface area contributed by atoms with Gasteiger partial charge in [0.2, 0.25) is 0 Å². The van der Waals surface area contributed by atoms with Crippen molar-refractivity contribution in [2.24, 2.45) is 0 Å². The summed E-state index contributed by atoms with van der Waals surface area (Å²) in [5.74, 6) is 0. The van der Waals surface area contributed by atoms with Crippen LogP contribution in [0.3, 0.4) is 0 Å². The van der Waals surface area contributed by atoms with Crippen molar-refractivity contribution in [2.45, 2.75) is 0 Å². The molecule has 4 heterocycles. The van der Waals surface area contributed by atoms with E-state index in [0.717, 1.165) is 38.8 Å². The lowest BCUT2D eigenvalue weighted by Gasteiger charge is -2.12. The minimum atomic E-state index is 0.891. The van der Waals surface area contributed by atoms with Gasteiger partial charge < -0.3 is 4.57 Å². The van der Waals surface area contributed by atoms with Gasteiger partial charge in [-0.2, -0.15) is 0 Å². The number of hydrogen-bond acceptors (Lipinski definition) is 2. The van der Waals surface area contributed by atoms with E-state index in [1.165, 1.54) is 60.3 Å². The maximum atomic E-state index is 5.28. The highest BCUT2D eigenvalue weighted by molar-refractivity contribution is 6.29. The minimum Gasteiger partial charge on any atom is -0.307 e. The third kappa shape index (κ3) is 3.43. The largest absolute Gasteiger partial charge is 0.307 e. The molecule has 0 radical (unpaired) electrons. The Bertz CT molecular complexity index is 3040. The van der Waals surface area contributed by atoms with Crippen LogP contribution in [0, 0.1) is 0 Å². The monoisotopic (exact) mass is 610 g/mol. The van der Waals surface area contributed by atoms with Gasteiger partial charge in [0, 0.05) is 32.6 Å². The first-order chi connectivity index (χ1) is 23.8. The van der Waals surface area contributed by atoms with Crippen molar-refractivity contribution in [3.63, 3.8) is 0 Å². The zero-order valence-corrected chi connectivity index (χ0v) is 25.8. The molecule has 0 N–H and O–H groups in total. The number of hydrogen-bond donors (Lipinski definition) is 0. The third-order valence-electron chi connectivity index (χ3n) is 10.0. The van der Waals surface area contributed by atoms with E-state index in [0.29, 0.717) is 0 Å². The summed E-state index contributed by atoms with van der Waals surface area (Å²) in [7, 11) is 0. The van der Waals surface area contributed by atoms with Gasteiger partial charge >= 0.3 is 0 Å². The van der Waals surface area contributed by atoms with Gasteiger partial charge in [-0.15, -0.1) is 0 Å². The van der Waals surface area contributed by atoms with Crippen LogP contribution in [0.1, 0.15) is 0 Å². The highest BCUT2D eigenvalue weighted by atomic mass is 15.1. The van der Waals surface area contributed by atoms with Crippen molar-refractivity contribution in [2.75, 3.05) is 0 Å². The Kier molecular flexibility index (Phi) is 5.08. The van der Waals surface area contributed by atoms with Crippen LogP contribution in [0.4, 0.5) is 0 Å². The highest BCUT2D eigenvalue weighted by Gasteiger charge is 2.24. The summed E-state index contributed by atoms with van der Waals surface area (Å²) in [6, 6.07) is 56.5. The van der Waals surface area contributed by atoms with Gasteiger partial charge in [0.1, 0.15) is 5.52 Å². The van der Waals surface area contributed by atoms with Gasteiger partial charge in [0.05, 0.1) is 33.1 Å². The predicted octanol–water partition coefficient (Wildman–Crippen LogP) is 11.2. The molecule has 4 aromatic heterocycles. The lowest BCUT2D eigenvalue weighted by Crippen LogP contribution is -1.97. The highest BCUT2D eigenvalue weighted by Crippen LogP contribution is 2.44. The summed E-state index contributed by atoms with van der Waals surface area (Å²) >= 11 is 0. The van der Waals surface area contributed by atoms with Crippen LogP contribution in [-0.2, 0) is 0 Å². The van der Waals surface area contributed by atoms with E-state index in [9.17, 15) is 0 Å². The quantitative estimate of drug-likeness (QED) is 0.199. The molecule has 0 saturated carbocycles. The van der Waals surface area contributed by atoms with E-state index in [4.69, 9.17) is 9.97 Å². The van der Waals surface area contributed by atoms with Gasteiger partial charge in [-0.3, -0.25) is 4.40 Å². The molecule has 4 nitrogen and oxygen atoms in total. The summed E-state index contributed by atoms with van der Waals surface area (Å²) in [6.07, 6.45) is 0. The molecule has 0 aliphatic carbocycles. The van der Waals surface area contributed by atoms with E-state index < -0.39 is 0 Å². The fourth-order valence-electron chi connectivity index (χ4n) is 7.91. The molecule has 11 rings (SSSR count). The lowest BCUT2D eigenvalue weighted by atomic mass is 10.0. The molecule has 0 saturated heterocycles. The molecule has 0 fully saturated rings. The van der Waals surface area contributed by atoms with Gasteiger partial charge in [-0.05, 0) is 52.6 Å². The van der Waals surface area contributed by atoms with Crippen LogP contribution in [0.25, 0.3) is 99.1 Å². The summed E-state index contributed by atoms with van der Waals surface area (Å²) in [4.78, 5) is 10.5. The average Bonchev–Trinajstić information content (AvgIpc) is 3.79. The molecule has 222 valence electrons. The Hall–Kier alpha value is -6.52. The fraction of sp³-hybridized carbons (Fsp3) is 0. The predicted molar refractivity (Wildman–Crippen MR) is 199 cm³/mol. The zero-order valence-electron chi connectivity index (χ0n) is 25.8. The number of para-hydroxylation sites is 3. The Morgan fingerprint density at radius 3 is 1.73 bits per heavy atom. The van der Waals surface area contributed by atoms with Gasteiger partial charge in [0.25, 0.3) is 0 Å². The lowest BCUT2D eigenvalue weighted by molar-refractivity contribution is 1.18. The SMILES string of the molecule is c1ccc(-c2cccc(-n3c4cc(-c5ccccc5)ccc4c4ccc5c6cccc7c8nc9ccccc9nc8n(c67)c5c43)c2)cc1. The second kappa shape index (κ2) is 9.50. The normalized spacial score (nSPS) is 12.2. The Morgan fingerprint density at radius 2 is 0.958 bits per heavy atom. The smallest absolute Gasteiger partial charge is 0.165 e. The third-order valence-corrected chi connectivity index (χ3v) is 10.0. The summed E-state index contributed by atoms with van der Waals surface area (Å²) in [5.41, 5.74) is 14.2. The second-order valence-corrected chi connectivity index (χ2v) is 12.6. The molecule has 11 aromatic rings. The molecule has 0 atom stereocenters. The first-order valence-corrected chi connectivity index (χ1v) is 16.3. The molecule has 0 unspecified atom stereocenters. The molecule has 0 bridgehead atoms. The van der Waals surface area contributed by atoms with Gasteiger partial charge in [-0.25, -0.2) is 9.97 Å². The summed E-state index contributed by atoms with van der Waals surface area (Å²) in [5, 5.41) is 5.99. The zero-order chi connectivity index (χ0) is 31.3. The molecule has 4 heteroatoms.